The molecule has 0 spiro atoms. The summed E-state index contributed by atoms with van der Waals surface area (Å²) in [5.74, 6) is 0.323. The van der Waals surface area contributed by atoms with Gasteiger partial charge in [-0.2, -0.15) is 4.52 Å². The fraction of sp³-hybridized carbons (Fsp3) is 0.429. The molecular weight excluding hydrogens is 402 g/mol. The van der Waals surface area contributed by atoms with Gasteiger partial charge in [-0.15, -0.1) is 5.10 Å². The van der Waals surface area contributed by atoms with Crippen molar-refractivity contribution >= 4 is 27.3 Å². The van der Waals surface area contributed by atoms with Crippen LogP contribution in [0, 0.1) is 0 Å². The fourth-order valence-electron chi connectivity index (χ4n) is 3.47. The Morgan fingerprint density at radius 2 is 1.90 bits per heavy atom. The number of ether oxygens (including phenoxy) is 1. The second-order valence-electron chi connectivity index (χ2n) is 7.22. The summed E-state index contributed by atoms with van der Waals surface area (Å²) >= 11 is 1.39. The number of carbonyl (C=O) groups is 1. The molecule has 2 aromatic heterocycles. The Hall–Kier alpha value is -2.94. The summed E-state index contributed by atoms with van der Waals surface area (Å²) in [6.07, 6.45) is 6.03. The van der Waals surface area contributed by atoms with E-state index in [1.54, 1.807) is 0 Å². The third-order valence-electron chi connectivity index (χ3n) is 5.08. The first-order chi connectivity index (χ1) is 14.7. The molecule has 3 aromatic rings. The molecule has 0 bridgehead atoms. The van der Waals surface area contributed by atoms with E-state index in [0.717, 1.165) is 42.4 Å². The van der Waals surface area contributed by atoms with E-state index in [9.17, 15) is 9.59 Å². The minimum atomic E-state index is -0.458. The van der Waals surface area contributed by atoms with Crippen molar-refractivity contribution in [2.45, 2.75) is 39.2 Å². The Kier molecular flexibility index (Phi) is 6.27. The number of hydrogen-bond donors (Lipinski definition) is 1. The van der Waals surface area contributed by atoms with Crippen molar-refractivity contribution in [1.29, 1.82) is 0 Å². The van der Waals surface area contributed by atoms with Gasteiger partial charge in [0.2, 0.25) is 10.1 Å². The highest BCUT2D eigenvalue weighted by atomic mass is 32.1. The molecule has 0 unspecified atom stereocenters. The van der Waals surface area contributed by atoms with Crippen molar-refractivity contribution in [3.05, 3.63) is 51.9 Å². The first-order valence-electron chi connectivity index (χ1n) is 10.3. The van der Waals surface area contributed by atoms with Crippen LogP contribution in [-0.2, 0) is 6.54 Å². The molecule has 30 heavy (non-hydrogen) atoms. The summed E-state index contributed by atoms with van der Waals surface area (Å²) in [6, 6.07) is 7.47. The van der Waals surface area contributed by atoms with E-state index >= 15 is 0 Å². The van der Waals surface area contributed by atoms with Gasteiger partial charge in [0.05, 0.1) is 6.61 Å². The lowest BCUT2D eigenvalue weighted by Crippen LogP contribution is -2.31. The zero-order chi connectivity index (χ0) is 20.9. The average Bonchev–Trinajstić information content (AvgIpc) is 3.01. The van der Waals surface area contributed by atoms with E-state index in [1.807, 2.05) is 31.2 Å². The van der Waals surface area contributed by atoms with Crippen molar-refractivity contribution in [2.24, 2.45) is 0 Å². The summed E-state index contributed by atoms with van der Waals surface area (Å²) in [4.78, 5) is 32.4. The van der Waals surface area contributed by atoms with Crippen LogP contribution in [0.1, 0.15) is 48.5 Å². The summed E-state index contributed by atoms with van der Waals surface area (Å²) in [5, 5.41) is 8.03. The molecule has 1 N–H and O–H groups in total. The average molecular weight is 428 g/mol. The Morgan fingerprint density at radius 3 is 2.60 bits per heavy atom. The SMILES string of the molecule is CCOc1ccc(CNC(=O)c2cnc3sc(N4CCCCCC4)nn3c2=O)cc1. The quantitative estimate of drug-likeness (QED) is 0.651. The first kappa shape index (κ1) is 20.3. The maximum atomic E-state index is 12.8. The number of carbonyl (C=O) groups excluding carboxylic acids is 1. The maximum absolute atomic E-state index is 12.8. The molecule has 8 nitrogen and oxygen atoms in total. The molecular formula is C21H25N5O3S. The van der Waals surface area contributed by atoms with Gasteiger partial charge in [0.25, 0.3) is 11.5 Å². The molecule has 4 rings (SSSR count). The molecule has 1 aromatic carbocycles. The number of benzene rings is 1. The Balaban J connectivity index is 1.48. The molecule has 1 fully saturated rings. The number of amides is 1. The number of fused-ring (bicyclic) bond motifs is 1. The monoisotopic (exact) mass is 427 g/mol. The lowest BCUT2D eigenvalue weighted by Gasteiger charge is -2.17. The predicted molar refractivity (Wildman–Crippen MR) is 117 cm³/mol. The lowest BCUT2D eigenvalue weighted by atomic mass is 10.2. The molecule has 0 aliphatic carbocycles. The van der Waals surface area contributed by atoms with E-state index in [2.05, 4.69) is 20.3 Å². The summed E-state index contributed by atoms with van der Waals surface area (Å²) in [5.41, 5.74) is 0.464. The van der Waals surface area contributed by atoms with Crippen LogP contribution in [0.4, 0.5) is 5.13 Å². The Labute approximate surface area is 178 Å². The molecule has 3 heterocycles. The van der Waals surface area contributed by atoms with Crippen LogP contribution >= 0.6 is 11.3 Å². The highest BCUT2D eigenvalue weighted by Gasteiger charge is 2.19. The smallest absolute Gasteiger partial charge is 0.288 e. The minimum Gasteiger partial charge on any atom is -0.494 e. The van der Waals surface area contributed by atoms with Crippen LogP contribution in [-0.4, -0.2) is 40.2 Å². The second kappa shape index (κ2) is 9.25. The topological polar surface area (TPSA) is 88.8 Å². The third-order valence-corrected chi connectivity index (χ3v) is 6.07. The van der Waals surface area contributed by atoms with Gasteiger partial charge in [-0.05, 0) is 37.5 Å². The zero-order valence-corrected chi connectivity index (χ0v) is 17.8. The molecule has 1 saturated heterocycles. The van der Waals surface area contributed by atoms with Gasteiger partial charge in [-0.1, -0.05) is 36.3 Å². The minimum absolute atomic E-state index is 0.00819. The lowest BCUT2D eigenvalue weighted by molar-refractivity contribution is 0.0948. The molecule has 1 amide bonds. The van der Waals surface area contributed by atoms with Gasteiger partial charge in [0.1, 0.15) is 11.3 Å². The van der Waals surface area contributed by atoms with Gasteiger partial charge in [-0.25, -0.2) is 4.98 Å². The Morgan fingerprint density at radius 1 is 1.17 bits per heavy atom. The number of aromatic nitrogens is 3. The summed E-state index contributed by atoms with van der Waals surface area (Å²) < 4.78 is 6.66. The van der Waals surface area contributed by atoms with Gasteiger partial charge < -0.3 is 15.0 Å². The normalized spacial score (nSPS) is 14.5. The van der Waals surface area contributed by atoms with Crippen molar-refractivity contribution in [3.63, 3.8) is 0 Å². The number of rotatable bonds is 6. The molecule has 158 valence electrons. The largest absolute Gasteiger partial charge is 0.494 e. The molecule has 1 aliphatic heterocycles. The molecule has 1 aliphatic rings. The number of anilines is 1. The van der Waals surface area contributed by atoms with Crippen LogP contribution in [0.3, 0.4) is 0 Å². The second-order valence-corrected chi connectivity index (χ2v) is 8.15. The van der Waals surface area contributed by atoms with Gasteiger partial charge in [-0.3, -0.25) is 9.59 Å². The first-order valence-corrected chi connectivity index (χ1v) is 11.1. The van der Waals surface area contributed by atoms with Gasteiger partial charge >= 0.3 is 0 Å². The highest BCUT2D eigenvalue weighted by Crippen LogP contribution is 2.24. The van der Waals surface area contributed by atoms with Crippen LogP contribution in [0.2, 0.25) is 0 Å². The van der Waals surface area contributed by atoms with Gasteiger partial charge in [0.15, 0.2) is 0 Å². The fourth-order valence-corrected chi connectivity index (χ4v) is 4.38. The van der Waals surface area contributed by atoms with Crippen LogP contribution < -0.4 is 20.5 Å². The standard InChI is InChI=1S/C21H25N5O3S/c1-2-29-16-9-7-15(8-10-16)13-22-18(27)17-14-23-20-26(19(17)28)24-21(30-20)25-11-5-3-4-6-12-25/h7-10,14H,2-6,11-13H2,1H3,(H,22,27). The van der Waals surface area contributed by atoms with Crippen molar-refractivity contribution < 1.29 is 9.53 Å². The highest BCUT2D eigenvalue weighted by molar-refractivity contribution is 7.20. The zero-order valence-electron chi connectivity index (χ0n) is 17.0. The van der Waals surface area contributed by atoms with Crippen molar-refractivity contribution in [3.8, 4) is 5.75 Å². The van der Waals surface area contributed by atoms with Crippen LogP contribution in [0.25, 0.3) is 4.96 Å². The molecule has 0 atom stereocenters. The molecule has 0 saturated carbocycles. The van der Waals surface area contributed by atoms with Crippen molar-refractivity contribution in [1.82, 2.24) is 19.9 Å². The third kappa shape index (κ3) is 4.46. The van der Waals surface area contributed by atoms with E-state index in [1.165, 1.54) is 34.9 Å². The molecule has 0 radical (unpaired) electrons. The van der Waals surface area contributed by atoms with Crippen molar-refractivity contribution in [2.75, 3.05) is 24.6 Å². The van der Waals surface area contributed by atoms with Crippen LogP contribution in [0.5, 0.6) is 5.75 Å². The van der Waals surface area contributed by atoms with E-state index in [0.29, 0.717) is 18.1 Å². The number of hydrogen-bond acceptors (Lipinski definition) is 7. The predicted octanol–water partition coefficient (Wildman–Crippen LogP) is 2.86. The van der Waals surface area contributed by atoms with E-state index in [-0.39, 0.29) is 5.56 Å². The van der Waals surface area contributed by atoms with Gasteiger partial charge in [0, 0.05) is 25.8 Å². The summed E-state index contributed by atoms with van der Waals surface area (Å²) in [7, 11) is 0. The summed E-state index contributed by atoms with van der Waals surface area (Å²) in [6.45, 7) is 4.71. The number of nitrogens with zero attached hydrogens (tertiary/aromatic N) is 4. The Bertz CT molecular complexity index is 1070. The van der Waals surface area contributed by atoms with E-state index < -0.39 is 11.5 Å². The number of nitrogens with one attached hydrogen (secondary N) is 1. The van der Waals surface area contributed by atoms with Crippen LogP contribution in [0.15, 0.2) is 35.3 Å². The van der Waals surface area contributed by atoms with E-state index in [4.69, 9.17) is 4.74 Å². The maximum Gasteiger partial charge on any atom is 0.288 e. The molecule has 9 heteroatoms.